The van der Waals surface area contributed by atoms with Crippen LogP contribution in [0.15, 0.2) is 34.7 Å². The van der Waals surface area contributed by atoms with Crippen molar-refractivity contribution in [2.24, 2.45) is 0 Å². The average Bonchev–Trinajstić information content (AvgIpc) is 3.02. The first-order valence-corrected chi connectivity index (χ1v) is 9.35. The molecule has 3 rings (SSSR count). The Hall–Kier alpha value is -1.82. The molecule has 142 valence electrons. The number of aliphatic hydroxyl groups is 1. The van der Waals surface area contributed by atoms with Crippen LogP contribution in [0.25, 0.3) is 0 Å². The van der Waals surface area contributed by atoms with Crippen LogP contribution in [0.2, 0.25) is 0 Å². The molecule has 1 N–H and O–H groups in total. The number of ether oxygens (including phenoxy) is 1. The Balaban J connectivity index is 1.63. The molecule has 26 heavy (non-hydrogen) atoms. The van der Waals surface area contributed by atoms with Gasteiger partial charge in [0.2, 0.25) is 0 Å². The number of hydrogen-bond acceptors (Lipinski definition) is 5. The summed E-state index contributed by atoms with van der Waals surface area (Å²) in [6.07, 6.45) is 0.794. The molecule has 5 nitrogen and oxygen atoms in total. The maximum Gasteiger partial charge on any atom is 0.121 e. The number of furan rings is 1. The maximum absolute atomic E-state index is 9.51. The van der Waals surface area contributed by atoms with Crippen molar-refractivity contribution >= 4 is 0 Å². The molecule has 0 spiro atoms. The summed E-state index contributed by atoms with van der Waals surface area (Å²) in [5, 5.41) is 9.51. The summed E-state index contributed by atoms with van der Waals surface area (Å²) >= 11 is 0. The summed E-state index contributed by atoms with van der Waals surface area (Å²) in [6, 6.07) is 10.8. The van der Waals surface area contributed by atoms with E-state index in [0.29, 0.717) is 6.04 Å². The molecule has 0 unspecified atom stereocenters. The van der Waals surface area contributed by atoms with Gasteiger partial charge in [-0.05, 0) is 49.6 Å². The molecule has 1 aliphatic rings. The lowest BCUT2D eigenvalue weighted by atomic mass is 10.1. The topological polar surface area (TPSA) is 49.1 Å². The van der Waals surface area contributed by atoms with Crippen molar-refractivity contribution in [3.63, 3.8) is 0 Å². The Bertz CT molecular complexity index is 713. The minimum absolute atomic E-state index is 0.219. The lowest BCUT2D eigenvalue weighted by Gasteiger charge is -2.41. The summed E-state index contributed by atoms with van der Waals surface area (Å²) in [6.45, 7) is 8.98. The van der Waals surface area contributed by atoms with Crippen LogP contribution in [0, 0.1) is 13.8 Å². The van der Waals surface area contributed by atoms with E-state index in [1.54, 1.807) is 7.11 Å². The van der Waals surface area contributed by atoms with Crippen LogP contribution in [-0.2, 0) is 13.1 Å². The second-order valence-corrected chi connectivity index (χ2v) is 7.19. The second kappa shape index (κ2) is 8.71. The van der Waals surface area contributed by atoms with Crippen LogP contribution in [0.4, 0.5) is 0 Å². The third kappa shape index (κ3) is 4.67. The number of hydrogen-bond donors (Lipinski definition) is 1. The first-order valence-electron chi connectivity index (χ1n) is 9.35. The SMILES string of the molecule is COc1ccc(CN2CCN(Cc3ccc(C)o3)C[C@H]2CCO)cc1C. The van der Waals surface area contributed by atoms with Crippen molar-refractivity contribution in [2.45, 2.75) is 39.4 Å². The van der Waals surface area contributed by atoms with Crippen molar-refractivity contribution in [1.82, 2.24) is 9.80 Å². The zero-order valence-corrected chi connectivity index (χ0v) is 16.1. The molecule has 2 aromatic rings. The second-order valence-electron chi connectivity index (χ2n) is 7.19. The zero-order valence-electron chi connectivity index (χ0n) is 16.1. The highest BCUT2D eigenvalue weighted by Gasteiger charge is 2.27. The zero-order chi connectivity index (χ0) is 18.5. The van der Waals surface area contributed by atoms with Gasteiger partial charge in [0.15, 0.2) is 0 Å². The number of aliphatic hydroxyl groups excluding tert-OH is 1. The number of nitrogens with zero attached hydrogens (tertiary/aromatic N) is 2. The van der Waals surface area contributed by atoms with Gasteiger partial charge in [-0.3, -0.25) is 9.80 Å². The Labute approximate surface area is 156 Å². The lowest BCUT2D eigenvalue weighted by molar-refractivity contribution is 0.0467. The molecule has 1 fully saturated rings. The van der Waals surface area contributed by atoms with Crippen molar-refractivity contribution in [2.75, 3.05) is 33.4 Å². The molecule has 0 amide bonds. The lowest BCUT2D eigenvalue weighted by Crippen LogP contribution is -2.52. The summed E-state index contributed by atoms with van der Waals surface area (Å²) in [7, 11) is 1.71. The molecule has 0 bridgehead atoms. The van der Waals surface area contributed by atoms with Gasteiger partial charge in [0.1, 0.15) is 17.3 Å². The van der Waals surface area contributed by atoms with Gasteiger partial charge in [-0.15, -0.1) is 0 Å². The van der Waals surface area contributed by atoms with Crippen molar-refractivity contribution in [1.29, 1.82) is 0 Å². The van der Waals surface area contributed by atoms with E-state index in [2.05, 4.69) is 34.9 Å². The minimum atomic E-state index is 0.219. The number of piperazine rings is 1. The van der Waals surface area contributed by atoms with E-state index in [0.717, 1.165) is 62.0 Å². The summed E-state index contributed by atoms with van der Waals surface area (Å²) < 4.78 is 11.1. The Morgan fingerprint density at radius 2 is 2.00 bits per heavy atom. The van der Waals surface area contributed by atoms with Gasteiger partial charge in [-0.1, -0.05) is 12.1 Å². The van der Waals surface area contributed by atoms with Gasteiger partial charge in [-0.2, -0.15) is 0 Å². The largest absolute Gasteiger partial charge is 0.496 e. The minimum Gasteiger partial charge on any atom is -0.496 e. The van der Waals surface area contributed by atoms with E-state index >= 15 is 0 Å². The van der Waals surface area contributed by atoms with Crippen molar-refractivity contribution in [3.8, 4) is 5.75 Å². The summed E-state index contributed by atoms with van der Waals surface area (Å²) in [4.78, 5) is 4.91. The highest BCUT2D eigenvalue weighted by Crippen LogP contribution is 2.22. The van der Waals surface area contributed by atoms with E-state index < -0.39 is 0 Å². The molecule has 1 aromatic carbocycles. The molecule has 1 atom stereocenters. The Kier molecular flexibility index (Phi) is 6.35. The van der Waals surface area contributed by atoms with Crippen LogP contribution in [0.5, 0.6) is 5.75 Å². The van der Waals surface area contributed by atoms with Gasteiger partial charge < -0.3 is 14.3 Å². The summed E-state index contributed by atoms with van der Waals surface area (Å²) in [5.41, 5.74) is 2.46. The number of rotatable bonds is 7. The smallest absolute Gasteiger partial charge is 0.121 e. The van der Waals surface area contributed by atoms with Crippen molar-refractivity contribution < 1.29 is 14.3 Å². The number of benzene rings is 1. The Morgan fingerprint density at radius 3 is 2.65 bits per heavy atom. The third-order valence-corrected chi connectivity index (χ3v) is 5.17. The molecule has 0 saturated carbocycles. The van der Waals surface area contributed by atoms with Crippen LogP contribution < -0.4 is 4.74 Å². The number of aryl methyl sites for hydroxylation is 2. The van der Waals surface area contributed by atoms with Crippen LogP contribution in [0.1, 0.15) is 29.1 Å². The molecule has 2 heterocycles. The molecule has 0 radical (unpaired) electrons. The number of methoxy groups -OCH3 is 1. The summed E-state index contributed by atoms with van der Waals surface area (Å²) in [5.74, 6) is 2.91. The van der Waals surface area contributed by atoms with Crippen LogP contribution >= 0.6 is 0 Å². The van der Waals surface area contributed by atoms with Gasteiger partial charge in [0, 0.05) is 38.8 Å². The molecule has 5 heteroatoms. The van der Waals surface area contributed by atoms with Crippen molar-refractivity contribution in [3.05, 3.63) is 53.0 Å². The fourth-order valence-corrected chi connectivity index (χ4v) is 3.80. The Morgan fingerprint density at radius 1 is 1.15 bits per heavy atom. The first kappa shape index (κ1) is 19.0. The van der Waals surface area contributed by atoms with E-state index in [1.807, 2.05) is 19.1 Å². The van der Waals surface area contributed by atoms with Crippen LogP contribution in [-0.4, -0.2) is 54.3 Å². The van der Waals surface area contributed by atoms with E-state index in [4.69, 9.17) is 9.15 Å². The molecular formula is C21H30N2O3. The van der Waals surface area contributed by atoms with Gasteiger partial charge in [0.05, 0.1) is 13.7 Å². The fraction of sp³-hybridized carbons (Fsp3) is 0.524. The normalized spacial score (nSPS) is 19.0. The van der Waals surface area contributed by atoms with E-state index in [9.17, 15) is 5.11 Å². The highest BCUT2D eigenvalue weighted by molar-refractivity contribution is 5.36. The van der Waals surface area contributed by atoms with Crippen LogP contribution in [0.3, 0.4) is 0 Å². The molecule has 1 aromatic heterocycles. The highest BCUT2D eigenvalue weighted by atomic mass is 16.5. The first-order chi connectivity index (χ1) is 12.6. The quantitative estimate of drug-likeness (QED) is 0.825. The predicted molar refractivity (Wildman–Crippen MR) is 102 cm³/mol. The third-order valence-electron chi connectivity index (χ3n) is 5.17. The van der Waals surface area contributed by atoms with Gasteiger partial charge in [-0.25, -0.2) is 0 Å². The molecule has 1 aliphatic heterocycles. The van der Waals surface area contributed by atoms with E-state index in [1.165, 1.54) is 5.56 Å². The average molecular weight is 358 g/mol. The predicted octanol–water partition coefficient (Wildman–Crippen LogP) is 2.97. The molecule has 1 saturated heterocycles. The maximum atomic E-state index is 9.51. The monoisotopic (exact) mass is 358 g/mol. The van der Waals surface area contributed by atoms with Gasteiger partial charge in [0.25, 0.3) is 0 Å². The fourth-order valence-electron chi connectivity index (χ4n) is 3.80. The standard InChI is InChI=1S/C21H30N2O3/c1-16-12-18(5-7-21(16)25-3)13-23-10-9-22(14-19(23)8-11-24)15-20-6-4-17(2)26-20/h4-7,12,19,24H,8-11,13-15H2,1-3H3/t19-/m1/s1. The van der Waals surface area contributed by atoms with Gasteiger partial charge >= 0.3 is 0 Å². The molecule has 0 aliphatic carbocycles. The van der Waals surface area contributed by atoms with E-state index in [-0.39, 0.29) is 6.61 Å². The molecular weight excluding hydrogens is 328 g/mol.